The second-order valence-electron chi connectivity index (χ2n) is 5.04. The first-order valence-corrected chi connectivity index (χ1v) is 7.78. The fraction of sp³-hybridized carbons (Fsp3) is 0.222. The summed E-state index contributed by atoms with van der Waals surface area (Å²) in [6, 6.07) is 9.87. The molecule has 0 fully saturated rings. The zero-order chi connectivity index (χ0) is 16.9. The smallest absolute Gasteiger partial charge is 0.163 e. The maximum atomic E-state index is 13.4. The summed E-state index contributed by atoms with van der Waals surface area (Å²) in [4.78, 5) is 8.55. The highest BCUT2D eigenvalue weighted by atomic mass is 18.2. The van der Waals surface area contributed by atoms with Gasteiger partial charge in [-0.3, -0.25) is 0 Å². The first-order chi connectivity index (χ1) is 11.7. The molecule has 124 valence electrons. The lowest BCUT2D eigenvalue weighted by atomic mass is 10.2. The molecule has 0 saturated heterocycles. The lowest BCUT2D eigenvalue weighted by Crippen LogP contribution is -2.01. The Bertz CT molecular complexity index is 855. The van der Waals surface area contributed by atoms with Crippen molar-refractivity contribution < 1.29 is 13.9 Å². The van der Waals surface area contributed by atoms with Gasteiger partial charge in [0.05, 0.1) is 18.7 Å². The molecular formula is C18H18FN3O2. The van der Waals surface area contributed by atoms with E-state index in [-0.39, 0.29) is 5.82 Å². The molecule has 5 nitrogen and oxygen atoms in total. The SMILES string of the molecule is CCOc1cc2ncnc(Nc3cccc([18F])c3)c2cc1OCC. The van der Waals surface area contributed by atoms with Gasteiger partial charge in [0.1, 0.15) is 18.0 Å². The standard InChI is InChI=1S/C18H18FN3O2/c1-3-23-16-9-14-15(10-17(16)24-4-2)20-11-21-18(14)22-13-7-5-6-12(19)8-13/h5-11H,3-4H2,1-2H3,(H,20,21,22)/i19-1. The van der Waals surface area contributed by atoms with E-state index in [0.29, 0.717) is 36.2 Å². The molecular weight excluding hydrogens is 308 g/mol. The number of nitrogens with zero attached hydrogens (tertiary/aromatic N) is 2. The minimum Gasteiger partial charge on any atom is -0.490 e. The lowest BCUT2D eigenvalue weighted by Gasteiger charge is -2.14. The van der Waals surface area contributed by atoms with Crippen molar-refractivity contribution in [2.75, 3.05) is 18.5 Å². The average Bonchev–Trinajstić information content (AvgIpc) is 2.56. The van der Waals surface area contributed by atoms with Crippen LogP contribution >= 0.6 is 0 Å². The Morgan fingerprint density at radius 2 is 1.75 bits per heavy atom. The van der Waals surface area contributed by atoms with E-state index in [1.165, 1.54) is 18.5 Å². The van der Waals surface area contributed by atoms with Crippen LogP contribution in [0.5, 0.6) is 11.5 Å². The molecule has 2 aromatic carbocycles. The fourth-order valence-electron chi connectivity index (χ4n) is 2.40. The molecule has 0 aliphatic carbocycles. The maximum absolute atomic E-state index is 13.4. The summed E-state index contributed by atoms with van der Waals surface area (Å²) in [5, 5.41) is 3.89. The Hall–Kier alpha value is -2.89. The van der Waals surface area contributed by atoms with Crippen molar-refractivity contribution in [3.63, 3.8) is 0 Å². The first kappa shape index (κ1) is 16.0. The van der Waals surface area contributed by atoms with Crippen LogP contribution < -0.4 is 14.8 Å². The number of ether oxygens (including phenoxy) is 2. The Kier molecular flexibility index (Phi) is 4.74. The summed E-state index contributed by atoms with van der Waals surface area (Å²) in [5.41, 5.74) is 1.33. The van der Waals surface area contributed by atoms with Crippen molar-refractivity contribution in [1.82, 2.24) is 9.97 Å². The summed E-state index contributed by atoms with van der Waals surface area (Å²) < 4.78 is 24.6. The zero-order valence-electron chi connectivity index (χ0n) is 13.5. The van der Waals surface area contributed by atoms with Gasteiger partial charge in [-0.1, -0.05) is 6.07 Å². The molecule has 1 aromatic heterocycles. The number of anilines is 2. The summed E-state index contributed by atoms with van der Waals surface area (Å²) in [6.07, 6.45) is 1.46. The van der Waals surface area contributed by atoms with Gasteiger partial charge in [-0.25, -0.2) is 14.4 Å². The molecule has 1 heterocycles. The van der Waals surface area contributed by atoms with E-state index in [9.17, 15) is 4.39 Å². The fourth-order valence-corrected chi connectivity index (χ4v) is 2.40. The molecule has 0 saturated carbocycles. The topological polar surface area (TPSA) is 56.3 Å². The van der Waals surface area contributed by atoms with Crippen molar-refractivity contribution >= 4 is 22.4 Å². The molecule has 0 unspecified atom stereocenters. The molecule has 3 aromatic rings. The number of fused-ring (bicyclic) bond motifs is 1. The van der Waals surface area contributed by atoms with E-state index in [1.54, 1.807) is 12.1 Å². The third kappa shape index (κ3) is 3.37. The van der Waals surface area contributed by atoms with Crippen LogP contribution in [0.1, 0.15) is 13.8 Å². The van der Waals surface area contributed by atoms with Gasteiger partial charge < -0.3 is 14.8 Å². The number of benzene rings is 2. The summed E-state index contributed by atoms with van der Waals surface area (Å²) >= 11 is 0. The average molecular weight is 326 g/mol. The third-order valence-corrected chi connectivity index (χ3v) is 3.39. The predicted octanol–water partition coefficient (Wildman–Crippen LogP) is 4.31. The number of nitrogens with one attached hydrogen (secondary N) is 1. The second-order valence-corrected chi connectivity index (χ2v) is 5.04. The molecule has 6 heteroatoms. The van der Waals surface area contributed by atoms with Gasteiger partial charge in [-0.2, -0.15) is 0 Å². The van der Waals surface area contributed by atoms with Gasteiger partial charge in [0.2, 0.25) is 0 Å². The van der Waals surface area contributed by atoms with Gasteiger partial charge in [0.25, 0.3) is 0 Å². The molecule has 3 rings (SSSR count). The van der Waals surface area contributed by atoms with Crippen LogP contribution in [0.15, 0.2) is 42.7 Å². The van der Waals surface area contributed by atoms with Crippen molar-refractivity contribution in [2.24, 2.45) is 0 Å². The largest absolute Gasteiger partial charge is 0.490 e. The van der Waals surface area contributed by atoms with Crippen molar-refractivity contribution in [1.29, 1.82) is 0 Å². The highest BCUT2D eigenvalue weighted by Gasteiger charge is 2.12. The molecule has 0 amide bonds. The third-order valence-electron chi connectivity index (χ3n) is 3.39. The van der Waals surface area contributed by atoms with E-state index in [4.69, 9.17) is 9.47 Å². The Morgan fingerprint density at radius 3 is 2.46 bits per heavy atom. The van der Waals surface area contributed by atoms with Crippen LogP contribution in [-0.4, -0.2) is 23.2 Å². The number of aromatic nitrogens is 2. The van der Waals surface area contributed by atoms with Gasteiger partial charge in [0.15, 0.2) is 11.5 Å². The van der Waals surface area contributed by atoms with Crippen LogP contribution in [0.2, 0.25) is 0 Å². The summed E-state index contributed by atoms with van der Waals surface area (Å²) in [5.74, 6) is 1.53. The zero-order valence-corrected chi connectivity index (χ0v) is 13.5. The number of hydrogen-bond acceptors (Lipinski definition) is 5. The Morgan fingerprint density at radius 1 is 1.00 bits per heavy atom. The van der Waals surface area contributed by atoms with Gasteiger partial charge in [-0.15, -0.1) is 0 Å². The van der Waals surface area contributed by atoms with Gasteiger partial charge >= 0.3 is 0 Å². The van der Waals surface area contributed by atoms with E-state index < -0.39 is 0 Å². The molecule has 0 spiro atoms. The molecule has 1 N–H and O–H groups in total. The maximum Gasteiger partial charge on any atom is 0.163 e. The van der Waals surface area contributed by atoms with Crippen LogP contribution in [0.4, 0.5) is 15.9 Å². The normalized spacial score (nSPS) is 10.6. The molecule has 0 bridgehead atoms. The highest BCUT2D eigenvalue weighted by Crippen LogP contribution is 2.35. The number of rotatable bonds is 6. The molecule has 0 radical (unpaired) electrons. The minimum absolute atomic E-state index is 0.313. The highest BCUT2D eigenvalue weighted by molar-refractivity contribution is 5.93. The van der Waals surface area contributed by atoms with E-state index in [0.717, 1.165) is 10.9 Å². The first-order valence-electron chi connectivity index (χ1n) is 7.78. The van der Waals surface area contributed by atoms with E-state index in [2.05, 4.69) is 15.3 Å². The van der Waals surface area contributed by atoms with Crippen LogP contribution in [0, 0.1) is 5.82 Å². The summed E-state index contributed by atoms with van der Waals surface area (Å²) in [7, 11) is 0. The second kappa shape index (κ2) is 7.12. The number of halogens is 1. The van der Waals surface area contributed by atoms with Gasteiger partial charge in [-0.05, 0) is 38.1 Å². The van der Waals surface area contributed by atoms with Crippen LogP contribution in [0.25, 0.3) is 10.9 Å². The lowest BCUT2D eigenvalue weighted by molar-refractivity contribution is 0.288. The summed E-state index contributed by atoms with van der Waals surface area (Å²) in [6.45, 7) is 4.88. The quantitative estimate of drug-likeness (QED) is 0.731. The molecule has 0 atom stereocenters. The monoisotopic (exact) mass is 326 g/mol. The van der Waals surface area contributed by atoms with Gasteiger partial charge in [0, 0.05) is 17.1 Å². The van der Waals surface area contributed by atoms with Crippen LogP contribution in [-0.2, 0) is 0 Å². The van der Waals surface area contributed by atoms with Crippen LogP contribution in [0.3, 0.4) is 0 Å². The number of hydrogen-bond donors (Lipinski definition) is 1. The van der Waals surface area contributed by atoms with E-state index in [1.807, 2.05) is 26.0 Å². The molecule has 24 heavy (non-hydrogen) atoms. The van der Waals surface area contributed by atoms with Crippen molar-refractivity contribution in [3.8, 4) is 11.5 Å². The Balaban J connectivity index is 2.06. The van der Waals surface area contributed by atoms with Crippen molar-refractivity contribution in [3.05, 3.63) is 48.5 Å². The molecule has 0 aliphatic heterocycles. The minimum atomic E-state index is -0.313. The van der Waals surface area contributed by atoms with E-state index >= 15 is 0 Å². The Labute approximate surface area is 139 Å². The molecule has 0 aliphatic rings. The van der Waals surface area contributed by atoms with Crippen molar-refractivity contribution in [2.45, 2.75) is 13.8 Å². The predicted molar refractivity (Wildman–Crippen MR) is 91.6 cm³/mol.